The molecule has 2 heterocycles. The second kappa shape index (κ2) is 34.9. The smallest absolute Gasteiger partial charge is 0.249 e. The molecule has 30 nitrogen and oxygen atoms in total. The molecule has 1 aliphatic rings. The summed E-state index contributed by atoms with van der Waals surface area (Å²) in [5, 5.41) is 57.6. The fourth-order valence-corrected chi connectivity index (χ4v) is 10.2. The molecule has 11 amide bonds. The van der Waals surface area contributed by atoms with Gasteiger partial charge in [0.1, 0.15) is 54.1 Å². The van der Waals surface area contributed by atoms with Gasteiger partial charge in [-0.15, -0.1) is 0 Å². The Kier molecular flexibility index (Phi) is 27.6. The Hall–Kier alpha value is -9.75. The van der Waals surface area contributed by atoms with E-state index in [1.54, 1.807) is 50.4 Å². The van der Waals surface area contributed by atoms with Crippen LogP contribution in [-0.4, -0.2) is 188 Å². The molecular weight excluding hydrogens is 1200 g/mol. The van der Waals surface area contributed by atoms with Crippen LogP contribution in [0.15, 0.2) is 90.1 Å². The number of nitrogens with zero attached hydrogens (tertiary/aromatic N) is 2. The van der Waals surface area contributed by atoms with Crippen LogP contribution in [0.4, 0.5) is 0 Å². The molecule has 3 aromatic carbocycles. The minimum absolute atomic E-state index is 0.0359. The molecule has 10 atom stereocenters. The van der Waals surface area contributed by atoms with Gasteiger partial charge >= 0.3 is 0 Å². The number of aliphatic imine (C=N–C) groups is 1. The molecule has 91 heavy (non-hydrogen) atoms. The van der Waals surface area contributed by atoms with E-state index in [9.17, 15) is 68.1 Å². The zero-order valence-electron chi connectivity index (χ0n) is 51.1. The Labute approximate surface area is 530 Å². The second-order valence-electron chi connectivity index (χ2n) is 22.4. The molecular formula is C60H82N16O14S. The number of aromatic amines is 1. The van der Waals surface area contributed by atoms with Gasteiger partial charge in [0.2, 0.25) is 65.0 Å². The van der Waals surface area contributed by atoms with Gasteiger partial charge in [-0.1, -0.05) is 74.5 Å². The van der Waals surface area contributed by atoms with Crippen LogP contribution >= 0.6 is 12.2 Å². The number of amides is 11. The average Bonchev–Trinajstić information content (AvgIpc) is 1.81. The third-order valence-electron chi connectivity index (χ3n) is 14.6. The number of guanidine groups is 1. The van der Waals surface area contributed by atoms with Crippen molar-refractivity contribution in [2.45, 2.75) is 140 Å². The zero-order valence-corrected chi connectivity index (χ0v) is 51.9. The van der Waals surface area contributed by atoms with Gasteiger partial charge in [0, 0.05) is 63.4 Å². The summed E-state index contributed by atoms with van der Waals surface area (Å²) in [6, 6.07) is 9.71. The molecule has 0 aliphatic carbocycles. The van der Waals surface area contributed by atoms with Crippen molar-refractivity contribution in [3.63, 3.8) is 0 Å². The number of benzene rings is 3. The van der Waals surface area contributed by atoms with Gasteiger partial charge in [-0.3, -0.25) is 57.7 Å². The topological polar surface area (TPSA) is 478 Å². The maximum atomic E-state index is 14.1. The fourth-order valence-electron chi connectivity index (χ4n) is 10.0. The molecule has 1 aromatic heterocycles. The number of carbonyl (C=O) groups is 11. The number of para-hydroxylation sites is 1. The number of likely N-dealkylation sites (tertiary alicyclic amines) is 1. The number of aromatic hydroxyl groups is 1. The van der Waals surface area contributed by atoms with Crippen LogP contribution in [0, 0.1) is 5.92 Å². The van der Waals surface area contributed by atoms with E-state index in [4.69, 9.17) is 29.4 Å². The van der Waals surface area contributed by atoms with E-state index < -0.39 is 144 Å². The molecule has 0 saturated carbocycles. The number of hydrogen-bond acceptors (Lipinski definition) is 16. The first-order chi connectivity index (χ1) is 43.1. The summed E-state index contributed by atoms with van der Waals surface area (Å²) in [5.41, 5.74) is 19.6. The van der Waals surface area contributed by atoms with Crippen molar-refractivity contribution in [1.29, 1.82) is 0 Å². The van der Waals surface area contributed by atoms with Crippen molar-refractivity contribution in [3.05, 3.63) is 102 Å². The van der Waals surface area contributed by atoms with Gasteiger partial charge in [-0.05, 0) is 85.6 Å². The van der Waals surface area contributed by atoms with Crippen LogP contribution < -0.4 is 70.4 Å². The molecule has 0 bridgehead atoms. The van der Waals surface area contributed by atoms with E-state index in [2.05, 4.69) is 63.1 Å². The number of aliphatic hydroxyl groups is 2. The highest BCUT2D eigenvalue weighted by Gasteiger charge is 2.45. The molecule has 1 aliphatic heterocycles. The van der Waals surface area contributed by atoms with E-state index in [-0.39, 0.29) is 75.7 Å². The lowest BCUT2D eigenvalue weighted by molar-refractivity contribution is -0.144. The van der Waals surface area contributed by atoms with E-state index in [1.807, 2.05) is 24.3 Å². The highest BCUT2D eigenvalue weighted by atomic mass is 32.1. The summed E-state index contributed by atoms with van der Waals surface area (Å²) in [4.78, 5) is 157. The number of nitrogens with one attached hydrogen (secondary N) is 11. The van der Waals surface area contributed by atoms with Crippen LogP contribution in [0.5, 0.6) is 5.75 Å². The van der Waals surface area contributed by atoms with Gasteiger partial charge in [-0.2, -0.15) is 0 Å². The van der Waals surface area contributed by atoms with Gasteiger partial charge in [0.25, 0.3) is 0 Å². The maximum Gasteiger partial charge on any atom is 0.249 e. The number of H-pyrrole nitrogens is 1. The number of fused-ring (bicyclic) bond motifs is 1. The maximum absolute atomic E-state index is 14.1. The van der Waals surface area contributed by atoms with Crippen LogP contribution in [0.25, 0.3) is 10.9 Å². The lowest BCUT2D eigenvalue weighted by Crippen LogP contribution is -2.62. The number of hydrogen-bond donors (Lipinski definition) is 17. The third kappa shape index (κ3) is 22.7. The normalized spacial score (nSPS) is 16.4. The number of rotatable bonds is 32. The Morgan fingerprint density at radius 2 is 1.31 bits per heavy atom. The molecule has 0 spiro atoms. The van der Waals surface area contributed by atoms with Crippen LogP contribution in [-0.2, 0) is 72.0 Å². The highest BCUT2D eigenvalue weighted by Crippen LogP contribution is 2.23. The van der Waals surface area contributed by atoms with Crippen molar-refractivity contribution in [2.24, 2.45) is 28.1 Å². The first kappa shape index (κ1) is 72.0. The van der Waals surface area contributed by atoms with Crippen molar-refractivity contribution < 1.29 is 68.1 Å². The molecule has 0 radical (unpaired) electrons. The largest absolute Gasteiger partial charge is 0.508 e. The summed E-state index contributed by atoms with van der Waals surface area (Å²) in [6.07, 6.45) is -2.27. The monoisotopic (exact) mass is 1280 g/mol. The molecule has 20 N–H and O–H groups in total. The number of phenols is 1. The SMILES string of the molecule is CN=C(N)NCCC[C@H](NC(=O)[C@H](CC(C)C)NC(=O)CNC(=S)NC(=O)[C@H](Cc1ccccc1)NC(=O)[C@@H](NC(=O)[C@H](CC(N)=O)NC(=O)[C@@H]1C(O)CCN1C(=O)[C@@H](Cc1ccc(O)cc1)NC(C)=O)[C@@H](C)O)C(=O)N[C@@H](Cc1c[nH]c2ccccc12)C(N)=O. The number of thiocarbonyl (C=S) groups is 1. The van der Waals surface area contributed by atoms with Gasteiger partial charge < -0.3 is 95.6 Å². The zero-order chi connectivity index (χ0) is 67.1. The van der Waals surface area contributed by atoms with Gasteiger partial charge in [-0.25, -0.2) is 0 Å². The van der Waals surface area contributed by atoms with Crippen LogP contribution in [0.3, 0.4) is 0 Å². The number of nitrogens with two attached hydrogens (primary N) is 3. The van der Waals surface area contributed by atoms with E-state index in [0.29, 0.717) is 16.7 Å². The molecule has 31 heteroatoms. The van der Waals surface area contributed by atoms with Gasteiger partial charge in [0.15, 0.2) is 11.1 Å². The predicted octanol–water partition coefficient (Wildman–Crippen LogP) is -3.63. The number of phenolic OH excluding ortho intramolecular Hbond substituents is 1. The Morgan fingerprint density at radius 1 is 0.692 bits per heavy atom. The quantitative estimate of drug-likeness (QED) is 0.00971. The summed E-state index contributed by atoms with van der Waals surface area (Å²) < 4.78 is 0. The van der Waals surface area contributed by atoms with E-state index in [0.717, 1.165) is 22.7 Å². The summed E-state index contributed by atoms with van der Waals surface area (Å²) >= 11 is 5.38. The molecule has 1 unspecified atom stereocenters. The average molecular weight is 1280 g/mol. The molecule has 1 saturated heterocycles. The Bertz CT molecular complexity index is 3270. The van der Waals surface area contributed by atoms with Gasteiger partial charge in [0.05, 0.1) is 25.2 Å². The van der Waals surface area contributed by atoms with Crippen LogP contribution in [0.1, 0.15) is 76.5 Å². The van der Waals surface area contributed by atoms with Crippen molar-refractivity contribution in [2.75, 3.05) is 26.7 Å². The second-order valence-corrected chi connectivity index (χ2v) is 22.8. The van der Waals surface area contributed by atoms with Crippen molar-refractivity contribution in [1.82, 2.24) is 63.1 Å². The molecule has 5 rings (SSSR count). The lowest BCUT2D eigenvalue weighted by Gasteiger charge is -2.31. The summed E-state index contributed by atoms with van der Waals surface area (Å²) in [5.74, 6) is -10.0. The number of primary amides is 2. The number of aliphatic hydroxyl groups excluding tert-OH is 2. The van der Waals surface area contributed by atoms with Crippen molar-refractivity contribution in [3.8, 4) is 5.75 Å². The standard InChI is InChI=1S/C60H82N16O14S/c1-31(2)24-42(53(85)70-40(16-11-22-65-59(63)64-5)52(84)71-41(51(62)83)27-36-29-66-39-15-10-9-14-38(36)39)69-48(82)30-67-60(91)75-55(87)43(25-34-12-7-6-8-13-34)72-56(88)49(32(3)77)74-54(86)44(28-47(61)81)73-57(89)50-46(80)21-23-76(50)58(90)45(68-33(4)78)26-35-17-19-37(79)20-18-35/h6-10,12-15,17-20,29,31-32,40-46,49-50,66,77,79-80H,11,16,21-28,30H2,1-5H3,(H2,61,81)(H2,62,83)(H,68,78)(H,69,82)(H,70,85)(H,71,84)(H,72,88)(H,73,89)(H,74,86)(H3,63,64,65)(H2,67,75,87,91)/t32-,40+,41+,42+,43+,44+,45-,46?,49+,50+/m1/s1. The minimum atomic E-state index is -1.88. The fraction of sp³-hybridized carbons (Fsp3) is 0.450. The Balaban J connectivity index is 1.24. The lowest BCUT2D eigenvalue weighted by atomic mass is 10.0. The van der Waals surface area contributed by atoms with E-state index >= 15 is 0 Å². The summed E-state index contributed by atoms with van der Waals surface area (Å²) in [7, 11) is 1.49. The van der Waals surface area contributed by atoms with Crippen LogP contribution in [0.2, 0.25) is 0 Å². The highest BCUT2D eigenvalue weighted by molar-refractivity contribution is 7.80. The molecule has 1 fully saturated rings. The van der Waals surface area contributed by atoms with E-state index in [1.165, 1.54) is 38.2 Å². The predicted molar refractivity (Wildman–Crippen MR) is 337 cm³/mol. The molecule has 4 aromatic rings. The first-order valence-corrected chi connectivity index (χ1v) is 29.8. The summed E-state index contributed by atoms with van der Waals surface area (Å²) in [6.45, 7) is 5.40. The van der Waals surface area contributed by atoms with Crippen molar-refractivity contribution >= 4 is 99.2 Å². The Morgan fingerprint density at radius 3 is 1.95 bits per heavy atom. The number of carbonyl (C=O) groups excluding carboxylic acids is 11. The number of aromatic nitrogens is 1. The minimum Gasteiger partial charge on any atom is -0.508 e. The molecule has 492 valence electrons. The first-order valence-electron chi connectivity index (χ1n) is 29.4. The third-order valence-corrected chi connectivity index (χ3v) is 14.8.